The number of amides is 1. The van der Waals surface area contributed by atoms with Gasteiger partial charge in [0.15, 0.2) is 0 Å². The summed E-state index contributed by atoms with van der Waals surface area (Å²) in [6.07, 6.45) is 4.93. The van der Waals surface area contributed by atoms with E-state index in [2.05, 4.69) is 34.2 Å². The molecule has 30 heavy (non-hydrogen) atoms. The van der Waals surface area contributed by atoms with Gasteiger partial charge in [0.05, 0.1) is 18.4 Å². The standard InChI is InChI=1S/C24H29N3O3/c1-4-29-24(28)27-13-11-26(12-14-27)23-9-10-25-22-16-19(15-21(22)23)18-5-7-20(8-6-18)30-17(2)3/h5-10,15,17H,4,11-14,16H2,1-3H3. The Kier molecular flexibility index (Phi) is 5.93. The van der Waals surface area contributed by atoms with Gasteiger partial charge in [0, 0.05) is 50.0 Å². The number of pyridine rings is 1. The second-order valence-corrected chi connectivity index (χ2v) is 7.90. The molecule has 1 aromatic heterocycles. The van der Waals surface area contributed by atoms with E-state index in [4.69, 9.17) is 9.47 Å². The summed E-state index contributed by atoms with van der Waals surface area (Å²) in [5, 5.41) is 0. The van der Waals surface area contributed by atoms with Crippen molar-refractivity contribution in [2.24, 2.45) is 0 Å². The molecule has 6 nitrogen and oxygen atoms in total. The lowest BCUT2D eigenvalue weighted by atomic mass is 10.1. The van der Waals surface area contributed by atoms with Crippen LogP contribution in [0.2, 0.25) is 0 Å². The Labute approximate surface area is 178 Å². The normalized spacial score (nSPS) is 15.8. The van der Waals surface area contributed by atoms with E-state index in [1.807, 2.05) is 39.1 Å². The number of hydrogen-bond acceptors (Lipinski definition) is 5. The van der Waals surface area contributed by atoms with Crippen molar-refractivity contribution < 1.29 is 14.3 Å². The predicted molar refractivity (Wildman–Crippen MR) is 119 cm³/mol. The highest BCUT2D eigenvalue weighted by atomic mass is 16.6. The van der Waals surface area contributed by atoms with Gasteiger partial charge in [0.25, 0.3) is 0 Å². The molecule has 1 aliphatic heterocycles. The summed E-state index contributed by atoms with van der Waals surface area (Å²) in [7, 11) is 0. The van der Waals surface area contributed by atoms with Gasteiger partial charge in [-0.1, -0.05) is 12.1 Å². The highest BCUT2D eigenvalue weighted by Crippen LogP contribution is 2.36. The molecule has 0 N–H and O–H groups in total. The van der Waals surface area contributed by atoms with E-state index in [0.29, 0.717) is 19.7 Å². The third-order valence-corrected chi connectivity index (χ3v) is 5.47. The Morgan fingerprint density at radius 3 is 2.50 bits per heavy atom. The maximum Gasteiger partial charge on any atom is 0.409 e. The molecule has 0 unspecified atom stereocenters. The van der Waals surface area contributed by atoms with E-state index >= 15 is 0 Å². The number of ether oxygens (including phenoxy) is 2. The van der Waals surface area contributed by atoms with Crippen molar-refractivity contribution in [3.63, 3.8) is 0 Å². The Balaban J connectivity index is 1.49. The minimum Gasteiger partial charge on any atom is -0.491 e. The smallest absolute Gasteiger partial charge is 0.409 e. The van der Waals surface area contributed by atoms with Gasteiger partial charge in [-0.05, 0) is 56.2 Å². The largest absolute Gasteiger partial charge is 0.491 e. The van der Waals surface area contributed by atoms with Crippen molar-refractivity contribution >= 4 is 23.4 Å². The van der Waals surface area contributed by atoms with Crippen molar-refractivity contribution in [3.8, 4) is 5.75 Å². The summed E-state index contributed by atoms with van der Waals surface area (Å²) in [5.74, 6) is 0.892. The van der Waals surface area contributed by atoms with Gasteiger partial charge in [0.1, 0.15) is 5.75 Å². The molecule has 1 aromatic carbocycles. The lowest BCUT2D eigenvalue weighted by Gasteiger charge is -2.36. The molecule has 0 bridgehead atoms. The van der Waals surface area contributed by atoms with Crippen LogP contribution in [0.3, 0.4) is 0 Å². The minimum absolute atomic E-state index is 0.168. The van der Waals surface area contributed by atoms with Crippen LogP contribution in [0.1, 0.15) is 37.6 Å². The Morgan fingerprint density at radius 1 is 1.10 bits per heavy atom. The van der Waals surface area contributed by atoms with Gasteiger partial charge in [-0.2, -0.15) is 0 Å². The van der Waals surface area contributed by atoms with E-state index in [0.717, 1.165) is 31.0 Å². The van der Waals surface area contributed by atoms with Gasteiger partial charge in [0.2, 0.25) is 0 Å². The van der Waals surface area contributed by atoms with Crippen LogP contribution in [0.4, 0.5) is 10.5 Å². The summed E-state index contributed by atoms with van der Waals surface area (Å²) < 4.78 is 10.9. The average Bonchev–Trinajstić information content (AvgIpc) is 3.18. The van der Waals surface area contributed by atoms with Crippen LogP contribution < -0.4 is 9.64 Å². The van der Waals surface area contributed by atoms with E-state index in [9.17, 15) is 4.79 Å². The number of aromatic nitrogens is 1. The molecule has 2 aliphatic rings. The summed E-state index contributed by atoms with van der Waals surface area (Å²) in [6, 6.07) is 10.4. The number of carbonyl (C=O) groups excluding carboxylic acids is 1. The molecule has 6 heteroatoms. The number of nitrogens with zero attached hydrogens (tertiary/aromatic N) is 3. The highest BCUT2D eigenvalue weighted by Gasteiger charge is 2.26. The van der Waals surface area contributed by atoms with Crippen LogP contribution in [0, 0.1) is 0 Å². The number of piperazine rings is 1. The topological polar surface area (TPSA) is 54.9 Å². The Hall–Kier alpha value is -3.02. The van der Waals surface area contributed by atoms with Gasteiger partial charge >= 0.3 is 6.09 Å². The van der Waals surface area contributed by atoms with Gasteiger partial charge in [-0.3, -0.25) is 4.98 Å². The molecule has 0 atom stereocenters. The molecule has 4 rings (SSSR count). The first-order valence-corrected chi connectivity index (χ1v) is 10.7. The molecule has 0 saturated carbocycles. The Morgan fingerprint density at radius 2 is 1.83 bits per heavy atom. The molecule has 158 valence electrons. The van der Waals surface area contributed by atoms with Crippen LogP contribution in [-0.2, 0) is 11.2 Å². The number of fused-ring (bicyclic) bond motifs is 1. The van der Waals surface area contributed by atoms with Crippen molar-refractivity contribution in [3.05, 3.63) is 53.3 Å². The zero-order valence-electron chi connectivity index (χ0n) is 17.9. The fourth-order valence-electron chi connectivity index (χ4n) is 4.03. The van der Waals surface area contributed by atoms with E-state index in [1.165, 1.54) is 22.4 Å². The average molecular weight is 408 g/mol. The van der Waals surface area contributed by atoms with Crippen LogP contribution in [0.5, 0.6) is 5.75 Å². The Bertz CT molecular complexity index is 929. The first kappa shape index (κ1) is 20.3. The monoisotopic (exact) mass is 407 g/mol. The molecule has 1 saturated heterocycles. The number of carbonyl (C=O) groups is 1. The molecule has 1 amide bonds. The van der Waals surface area contributed by atoms with Crippen LogP contribution in [0.15, 0.2) is 36.5 Å². The summed E-state index contributed by atoms with van der Waals surface area (Å²) >= 11 is 0. The van der Waals surface area contributed by atoms with Crippen molar-refractivity contribution in [2.75, 3.05) is 37.7 Å². The lowest BCUT2D eigenvalue weighted by molar-refractivity contribution is 0.105. The van der Waals surface area contributed by atoms with Crippen LogP contribution >= 0.6 is 0 Å². The van der Waals surface area contributed by atoms with Gasteiger partial charge in [-0.15, -0.1) is 0 Å². The van der Waals surface area contributed by atoms with Crippen molar-refractivity contribution in [1.29, 1.82) is 0 Å². The summed E-state index contributed by atoms with van der Waals surface area (Å²) in [5.41, 5.74) is 5.96. The first-order chi connectivity index (χ1) is 14.5. The quantitative estimate of drug-likeness (QED) is 0.742. The molecular formula is C24H29N3O3. The third kappa shape index (κ3) is 4.27. The lowest BCUT2D eigenvalue weighted by Crippen LogP contribution is -2.49. The number of benzene rings is 1. The molecule has 0 radical (unpaired) electrons. The maximum atomic E-state index is 12.0. The second-order valence-electron chi connectivity index (χ2n) is 7.90. The minimum atomic E-state index is -0.218. The van der Waals surface area contributed by atoms with Gasteiger partial charge in [-0.25, -0.2) is 4.79 Å². The molecule has 0 spiro atoms. The van der Waals surface area contributed by atoms with Crippen LogP contribution in [-0.4, -0.2) is 54.9 Å². The highest BCUT2D eigenvalue weighted by molar-refractivity contribution is 5.92. The molecule has 1 fully saturated rings. The zero-order valence-corrected chi connectivity index (χ0v) is 17.9. The number of allylic oxidation sites excluding steroid dienone is 1. The number of anilines is 1. The fourth-order valence-corrected chi connectivity index (χ4v) is 4.03. The zero-order chi connectivity index (χ0) is 21.1. The molecule has 1 aliphatic carbocycles. The molecule has 2 aromatic rings. The fraction of sp³-hybridized carbons (Fsp3) is 0.417. The predicted octanol–water partition coefficient (Wildman–Crippen LogP) is 4.24. The first-order valence-electron chi connectivity index (χ1n) is 10.7. The summed E-state index contributed by atoms with van der Waals surface area (Å²) in [4.78, 5) is 20.7. The maximum absolute atomic E-state index is 12.0. The molecular weight excluding hydrogens is 378 g/mol. The van der Waals surface area contributed by atoms with E-state index in [-0.39, 0.29) is 12.2 Å². The number of rotatable bonds is 5. The molecule has 2 heterocycles. The third-order valence-electron chi connectivity index (χ3n) is 5.47. The van der Waals surface area contributed by atoms with Crippen molar-refractivity contribution in [1.82, 2.24) is 9.88 Å². The van der Waals surface area contributed by atoms with E-state index in [1.54, 1.807) is 4.90 Å². The van der Waals surface area contributed by atoms with Gasteiger partial charge < -0.3 is 19.3 Å². The van der Waals surface area contributed by atoms with E-state index < -0.39 is 0 Å². The van der Waals surface area contributed by atoms with Crippen LogP contribution in [0.25, 0.3) is 11.6 Å². The second kappa shape index (κ2) is 8.78. The van der Waals surface area contributed by atoms with Crippen molar-refractivity contribution in [2.45, 2.75) is 33.3 Å². The SMILES string of the molecule is CCOC(=O)N1CCN(c2ccnc3c2C=C(c2ccc(OC(C)C)cc2)C3)CC1. The number of hydrogen-bond donors (Lipinski definition) is 0. The summed E-state index contributed by atoms with van der Waals surface area (Å²) in [6.45, 7) is 9.23.